The van der Waals surface area contributed by atoms with Crippen molar-refractivity contribution < 1.29 is 25.2 Å². The average Bonchev–Trinajstić information content (AvgIpc) is 2.30. The number of ether oxygens (including phenoxy) is 1. The van der Waals surface area contributed by atoms with Crippen LogP contribution in [0.5, 0.6) is 0 Å². The zero-order valence-corrected chi connectivity index (χ0v) is 6.84. The topological polar surface area (TPSA) is 90.2 Å². The van der Waals surface area contributed by atoms with Crippen LogP contribution in [-0.4, -0.2) is 57.6 Å². The molecule has 1 fully saturated rings. The Morgan fingerprint density at radius 3 is 2.33 bits per heavy atom. The van der Waals surface area contributed by atoms with Gasteiger partial charge >= 0.3 is 0 Å². The van der Waals surface area contributed by atoms with Gasteiger partial charge in [-0.15, -0.1) is 0 Å². The molecule has 1 aliphatic heterocycles. The normalized spacial score (nSPS) is 48.2. The lowest BCUT2D eigenvalue weighted by atomic mass is 9.92. The van der Waals surface area contributed by atoms with Crippen LogP contribution in [0.3, 0.4) is 0 Å². The quantitative estimate of drug-likeness (QED) is 0.387. The molecule has 1 heterocycles. The van der Waals surface area contributed by atoms with Gasteiger partial charge in [0.2, 0.25) is 0 Å². The number of hydrogen-bond donors (Lipinski definition) is 4. The number of aliphatic hydroxyl groups is 4. The van der Waals surface area contributed by atoms with Crippen LogP contribution in [0.1, 0.15) is 6.92 Å². The number of rotatable bonds is 2. The molecule has 72 valence electrons. The lowest BCUT2D eigenvalue weighted by molar-refractivity contribution is -0.119. The van der Waals surface area contributed by atoms with Crippen LogP contribution in [0.2, 0.25) is 0 Å². The molecule has 0 aromatic rings. The molecule has 0 saturated carbocycles. The second kappa shape index (κ2) is 3.27. The zero-order chi connectivity index (χ0) is 9.35. The molecule has 12 heavy (non-hydrogen) atoms. The van der Waals surface area contributed by atoms with Crippen LogP contribution in [0.15, 0.2) is 0 Å². The van der Waals surface area contributed by atoms with E-state index in [0.717, 1.165) is 0 Å². The second-order valence-electron chi connectivity index (χ2n) is 3.11. The van der Waals surface area contributed by atoms with Gasteiger partial charge in [-0.05, 0) is 6.92 Å². The van der Waals surface area contributed by atoms with Crippen molar-refractivity contribution in [3.63, 3.8) is 0 Å². The Kier molecular flexibility index (Phi) is 2.70. The lowest BCUT2D eigenvalue weighted by Crippen LogP contribution is -2.52. The Hall–Kier alpha value is -0.200. The van der Waals surface area contributed by atoms with Gasteiger partial charge in [0, 0.05) is 0 Å². The Labute approximate surface area is 70.2 Å². The highest BCUT2D eigenvalue weighted by Crippen LogP contribution is 2.30. The van der Waals surface area contributed by atoms with E-state index in [2.05, 4.69) is 0 Å². The van der Waals surface area contributed by atoms with Crippen LogP contribution < -0.4 is 0 Å². The van der Waals surface area contributed by atoms with Crippen LogP contribution in [0, 0.1) is 0 Å². The predicted octanol–water partition coefficient (Wildman–Crippen LogP) is -2.15. The molecule has 0 amide bonds. The van der Waals surface area contributed by atoms with E-state index in [9.17, 15) is 10.2 Å². The number of aliphatic hydroxyl groups excluding tert-OH is 3. The van der Waals surface area contributed by atoms with Gasteiger partial charge in [0.15, 0.2) is 0 Å². The summed E-state index contributed by atoms with van der Waals surface area (Å²) in [6, 6.07) is 0. The van der Waals surface area contributed by atoms with Crippen molar-refractivity contribution in [3.8, 4) is 0 Å². The van der Waals surface area contributed by atoms with E-state index in [4.69, 9.17) is 14.9 Å². The molecule has 5 heteroatoms. The van der Waals surface area contributed by atoms with Crippen molar-refractivity contribution in [2.45, 2.75) is 30.8 Å². The smallest absolute Gasteiger partial charge is 0.144 e. The summed E-state index contributed by atoms with van der Waals surface area (Å²) in [5, 5.41) is 36.6. The molecule has 5 nitrogen and oxygen atoms in total. The predicted molar refractivity (Wildman–Crippen MR) is 39.5 cm³/mol. The maximum absolute atomic E-state index is 9.61. The monoisotopic (exact) mass is 178 g/mol. The molecule has 0 aromatic heterocycles. The third-order valence-electron chi connectivity index (χ3n) is 2.31. The summed E-state index contributed by atoms with van der Waals surface area (Å²) in [6.45, 7) is 0.531. The molecular weight excluding hydrogens is 164 g/mol. The van der Waals surface area contributed by atoms with Gasteiger partial charge in [-0.2, -0.15) is 0 Å². The summed E-state index contributed by atoms with van der Waals surface area (Å²) in [7, 11) is 0. The molecule has 1 aliphatic rings. The van der Waals surface area contributed by atoms with E-state index < -0.39 is 37.1 Å². The molecule has 0 bridgehead atoms. The summed E-state index contributed by atoms with van der Waals surface area (Å²) in [4.78, 5) is 0. The van der Waals surface area contributed by atoms with Crippen molar-refractivity contribution >= 4 is 0 Å². The number of hydrogen-bond acceptors (Lipinski definition) is 5. The van der Waals surface area contributed by atoms with Gasteiger partial charge in [0.25, 0.3) is 0 Å². The summed E-state index contributed by atoms with van der Waals surface area (Å²) in [6.07, 6.45) is -2.63. The van der Waals surface area contributed by atoms with E-state index in [1.807, 2.05) is 0 Å². The highest BCUT2D eigenvalue weighted by Gasteiger charge is 2.52. The second-order valence-corrected chi connectivity index (χ2v) is 3.11. The minimum atomic E-state index is -1.73. The Morgan fingerprint density at radius 1 is 1.42 bits per heavy atom. The third-order valence-corrected chi connectivity index (χ3v) is 2.31. The van der Waals surface area contributed by atoms with Crippen molar-refractivity contribution in [3.05, 3.63) is 0 Å². The molecule has 1 unspecified atom stereocenters. The van der Waals surface area contributed by atoms with E-state index in [0.29, 0.717) is 0 Å². The fourth-order valence-electron chi connectivity index (χ4n) is 1.44. The van der Waals surface area contributed by atoms with Crippen LogP contribution in [-0.2, 0) is 4.74 Å². The largest absolute Gasteiger partial charge is 0.394 e. The van der Waals surface area contributed by atoms with E-state index in [1.165, 1.54) is 0 Å². The fraction of sp³-hybridized carbons (Fsp3) is 1.00. The van der Waals surface area contributed by atoms with Crippen molar-refractivity contribution in [1.29, 1.82) is 0 Å². The van der Waals surface area contributed by atoms with Gasteiger partial charge in [-0.3, -0.25) is 0 Å². The standard InChI is InChI=1S/C7H14O5/c1-4-6(10)7(11,3-9)5(2-8)12-4/h4-6,8-11H,2-3H2,1H3/t4-,5+,6?,7+/m0/s1. The van der Waals surface area contributed by atoms with Gasteiger partial charge in [-0.25, -0.2) is 0 Å². The summed E-state index contributed by atoms with van der Waals surface area (Å²) >= 11 is 0. The minimum Gasteiger partial charge on any atom is -0.394 e. The van der Waals surface area contributed by atoms with E-state index in [-0.39, 0.29) is 0 Å². The van der Waals surface area contributed by atoms with Gasteiger partial charge in [-0.1, -0.05) is 0 Å². The van der Waals surface area contributed by atoms with Gasteiger partial charge in [0.1, 0.15) is 17.8 Å². The molecule has 0 aliphatic carbocycles. The Balaban J connectivity index is 2.80. The summed E-state index contributed by atoms with van der Waals surface area (Å²) in [5.41, 5.74) is -1.73. The lowest BCUT2D eigenvalue weighted by Gasteiger charge is -2.27. The minimum absolute atomic E-state index is 0.418. The van der Waals surface area contributed by atoms with Crippen molar-refractivity contribution in [1.82, 2.24) is 0 Å². The SMILES string of the molecule is C[C@@H]1O[C@H](CO)[C@](O)(CO)C1O. The average molecular weight is 178 g/mol. The van der Waals surface area contributed by atoms with Crippen molar-refractivity contribution in [2.75, 3.05) is 13.2 Å². The van der Waals surface area contributed by atoms with Crippen LogP contribution in [0.4, 0.5) is 0 Å². The first kappa shape index (κ1) is 9.88. The highest BCUT2D eigenvalue weighted by atomic mass is 16.6. The maximum atomic E-state index is 9.61. The Morgan fingerprint density at radius 2 is 2.00 bits per heavy atom. The first-order valence-corrected chi connectivity index (χ1v) is 3.84. The molecule has 4 N–H and O–H groups in total. The first-order chi connectivity index (χ1) is 5.56. The maximum Gasteiger partial charge on any atom is 0.144 e. The van der Waals surface area contributed by atoms with Gasteiger partial charge < -0.3 is 25.2 Å². The molecule has 4 atom stereocenters. The van der Waals surface area contributed by atoms with Gasteiger partial charge in [0.05, 0.1) is 19.3 Å². The first-order valence-electron chi connectivity index (χ1n) is 3.84. The molecule has 0 radical (unpaired) electrons. The molecule has 0 aromatic carbocycles. The summed E-state index contributed by atoms with van der Waals surface area (Å²) in [5.74, 6) is 0. The van der Waals surface area contributed by atoms with Crippen molar-refractivity contribution in [2.24, 2.45) is 0 Å². The van der Waals surface area contributed by atoms with Crippen LogP contribution >= 0.6 is 0 Å². The molecule has 0 spiro atoms. The Bertz CT molecular complexity index is 162. The van der Waals surface area contributed by atoms with E-state index in [1.54, 1.807) is 6.92 Å². The summed E-state index contributed by atoms with van der Waals surface area (Å²) < 4.78 is 5.02. The molecule has 1 rings (SSSR count). The zero-order valence-electron chi connectivity index (χ0n) is 6.84. The van der Waals surface area contributed by atoms with E-state index >= 15 is 0 Å². The third kappa shape index (κ3) is 1.23. The fourth-order valence-corrected chi connectivity index (χ4v) is 1.44. The van der Waals surface area contributed by atoms with Crippen LogP contribution in [0.25, 0.3) is 0 Å². The highest BCUT2D eigenvalue weighted by molar-refractivity contribution is 5.01. The molecular formula is C7H14O5. The molecule has 1 saturated heterocycles.